The number of hydrogen-bond acceptors (Lipinski definition) is 5. The molecule has 1 atom stereocenters. The fourth-order valence-electron chi connectivity index (χ4n) is 3.27. The number of benzene rings is 2. The van der Waals surface area contributed by atoms with Crippen molar-refractivity contribution in [3.8, 4) is 0 Å². The van der Waals surface area contributed by atoms with E-state index in [9.17, 15) is 18.5 Å². The highest BCUT2D eigenvalue weighted by atomic mass is 35.5. The predicted molar refractivity (Wildman–Crippen MR) is 97.0 cm³/mol. The van der Waals surface area contributed by atoms with E-state index < -0.39 is 20.4 Å². The van der Waals surface area contributed by atoms with Gasteiger partial charge in [0.1, 0.15) is 4.90 Å². The molecule has 1 heterocycles. The molecule has 0 spiro atoms. The van der Waals surface area contributed by atoms with Gasteiger partial charge in [0.25, 0.3) is 5.69 Å². The minimum absolute atomic E-state index is 0.0163. The Kier molecular flexibility index (Phi) is 4.71. The normalized spacial score (nSPS) is 17.7. The zero-order valence-corrected chi connectivity index (χ0v) is 15.1. The predicted octanol–water partition coefficient (Wildman–Crippen LogP) is 3.99. The maximum Gasteiger partial charge on any atom is 0.288 e. The largest absolute Gasteiger partial charge is 0.364 e. The quantitative estimate of drug-likeness (QED) is 0.591. The molecule has 0 bridgehead atoms. The van der Waals surface area contributed by atoms with Crippen molar-refractivity contribution in [1.29, 1.82) is 0 Å². The molecular weight excluding hydrogens is 364 g/mol. The van der Waals surface area contributed by atoms with E-state index in [0.717, 1.165) is 31.2 Å². The number of nitro groups is 1. The first-order chi connectivity index (χ1) is 11.8. The molecule has 25 heavy (non-hydrogen) atoms. The molecule has 1 saturated heterocycles. The Labute approximate surface area is 151 Å². The highest BCUT2D eigenvalue weighted by Crippen LogP contribution is 2.40. The van der Waals surface area contributed by atoms with Crippen LogP contribution in [0.3, 0.4) is 0 Å². The summed E-state index contributed by atoms with van der Waals surface area (Å²) in [7, 11) is -3.72. The minimum Gasteiger partial charge on any atom is -0.364 e. The molecule has 6 nitrogen and oxygen atoms in total. The van der Waals surface area contributed by atoms with Gasteiger partial charge in [-0.3, -0.25) is 10.1 Å². The molecule has 1 aliphatic rings. The first-order valence-electron chi connectivity index (χ1n) is 7.78. The van der Waals surface area contributed by atoms with Crippen molar-refractivity contribution in [2.24, 2.45) is 0 Å². The van der Waals surface area contributed by atoms with Crippen molar-refractivity contribution in [2.75, 3.05) is 17.7 Å². The van der Waals surface area contributed by atoms with Crippen LogP contribution in [0.2, 0.25) is 5.02 Å². The van der Waals surface area contributed by atoms with E-state index in [1.54, 1.807) is 6.07 Å². The first kappa shape index (κ1) is 17.7. The zero-order valence-electron chi connectivity index (χ0n) is 13.6. The van der Waals surface area contributed by atoms with E-state index in [1.165, 1.54) is 12.1 Å². The Balaban J connectivity index is 2.07. The highest BCUT2D eigenvalue weighted by molar-refractivity contribution is 7.90. The summed E-state index contributed by atoms with van der Waals surface area (Å²) in [5.41, 5.74) is 1.22. The molecule has 8 heteroatoms. The van der Waals surface area contributed by atoms with E-state index in [2.05, 4.69) is 4.90 Å². The van der Waals surface area contributed by atoms with Crippen LogP contribution in [-0.4, -0.2) is 26.1 Å². The molecule has 0 N–H and O–H groups in total. The van der Waals surface area contributed by atoms with Crippen LogP contribution < -0.4 is 4.90 Å². The zero-order chi connectivity index (χ0) is 18.2. The average Bonchev–Trinajstić information content (AvgIpc) is 3.03. The van der Waals surface area contributed by atoms with Crippen LogP contribution in [0.4, 0.5) is 11.4 Å². The second-order valence-electron chi connectivity index (χ2n) is 6.05. The molecule has 1 unspecified atom stereocenters. The second kappa shape index (κ2) is 6.65. The Morgan fingerprint density at radius 3 is 2.60 bits per heavy atom. The van der Waals surface area contributed by atoms with Gasteiger partial charge in [-0.25, -0.2) is 8.42 Å². The van der Waals surface area contributed by atoms with Crippen molar-refractivity contribution in [3.05, 3.63) is 63.2 Å². The third-order valence-electron chi connectivity index (χ3n) is 4.39. The lowest BCUT2D eigenvalue weighted by Crippen LogP contribution is -2.23. The summed E-state index contributed by atoms with van der Waals surface area (Å²) in [6, 6.07) is 11.8. The Morgan fingerprint density at radius 1 is 1.24 bits per heavy atom. The fourth-order valence-corrected chi connectivity index (χ4v) is 4.39. The molecule has 1 aliphatic heterocycles. The number of nitrogens with zero attached hydrogens (tertiary/aromatic N) is 2. The van der Waals surface area contributed by atoms with Crippen molar-refractivity contribution in [2.45, 2.75) is 23.8 Å². The average molecular weight is 381 g/mol. The summed E-state index contributed by atoms with van der Waals surface area (Å²) in [6.07, 6.45) is 2.80. The highest BCUT2D eigenvalue weighted by Gasteiger charge is 2.30. The Hall–Kier alpha value is -2.12. The molecule has 132 valence electrons. The van der Waals surface area contributed by atoms with Gasteiger partial charge >= 0.3 is 0 Å². The third kappa shape index (κ3) is 3.48. The molecule has 1 fully saturated rings. The summed E-state index contributed by atoms with van der Waals surface area (Å²) in [6.45, 7) is 0.733. The van der Waals surface area contributed by atoms with Gasteiger partial charge < -0.3 is 4.90 Å². The summed E-state index contributed by atoms with van der Waals surface area (Å²) in [4.78, 5) is 12.3. The van der Waals surface area contributed by atoms with Gasteiger partial charge in [0, 0.05) is 29.6 Å². The number of anilines is 1. The maximum absolute atomic E-state index is 12.0. The van der Waals surface area contributed by atoms with Crippen LogP contribution in [-0.2, 0) is 9.84 Å². The summed E-state index contributed by atoms with van der Waals surface area (Å²) < 4.78 is 24.0. The Morgan fingerprint density at radius 2 is 1.96 bits per heavy atom. The van der Waals surface area contributed by atoms with Crippen LogP contribution in [0.15, 0.2) is 47.4 Å². The maximum atomic E-state index is 12.0. The van der Waals surface area contributed by atoms with Gasteiger partial charge in [-0.15, -0.1) is 0 Å². The van der Waals surface area contributed by atoms with Crippen LogP contribution in [0.1, 0.15) is 24.4 Å². The minimum atomic E-state index is -3.72. The number of halogens is 1. The number of sulfone groups is 1. The van der Waals surface area contributed by atoms with Gasteiger partial charge in [-0.1, -0.05) is 29.8 Å². The Bertz CT molecular complexity index is 930. The monoisotopic (exact) mass is 380 g/mol. The van der Waals surface area contributed by atoms with Crippen molar-refractivity contribution < 1.29 is 13.3 Å². The molecule has 0 radical (unpaired) electrons. The van der Waals surface area contributed by atoms with Gasteiger partial charge in [-0.05, 0) is 36.6 Å². The van der Waals surface area contributed by atoms with Gasteiger partial charge in [0.2, 0.25) is 0 Å². The standard InChI is InChI=1S/C17H17ClN2O4S/c1-25(23,24)17-11-12(8-9-16(17)20(21)22)19-10-4-7-15(19)13-5-2-3-6-14(13)18/h2-3,5-6,8-9,11,15H,4,7,10H2,1H3. The van der Waals surface area contributed by atoms with E-state index in [4.69, 9.17) is 11.6 Å². The van der Waals surface area contributed by atoms with Crippen molar-refractivity contribution in [3.63, 3.8) is 0 Å². The SMILES string of the molecule is CS(=O)(=O)c1cc(N2CCCC2c2ccccc2Cl)ccc1[N+](=O)[O-]. The summed E-state index contributed by atoms with van der Waals surface area (Å²) >= 11 is 6.32. The van der Waals surface area contributed by atoms with Crippen LogP contribution in [0.25, 0.3) is 0 Å². The summed E-state index contributed by atoms with van der Waals surface area (Å²) in [5.74, 6) is 0. The van der Waals surface area contributed by atoms with E-state index in [-0.39, 0.29) is 10.9 Å². The van der Waals surface area contributed by atoms with Crippen molar-refractivity contribution >= 4 is 32.8 Å². The van der Waals surface area contributed by atoms with E-state index in [1.807, 2.05) is 24.3 Å². The van der Waals surface area contributed by atoms with E-state index >= 15 is 0 Å². The molecule has 3 rings (SSSR count). The molecule has 0 aromatic heterocycles. The smallest absolute Gasteiger partial charge is 0.288 e. The first-order valence-corrected chi connectivity index (χ1v) is 10.1. The molecule has 0 aliphatic carbocycles. The summed E-state index contributed by atoms with van der Waals surface area (Å²) in [5, 5.41) is 11.8. The molecule has 2 aromatic rings. The van der Waals surface area contributed by atoms with Crippen molar-refractivity contribution in [1.82, 2.24) is 0 Å². The lowest BCUT2D eigenvalue weighted by molar-refractivity contribution is -0.387. The molecule has 0 amide bonds. The van der Waals surface area contributed by atoms with Gasteiger partial charge in [-0.2, -0.15) is 0 Å². The van der Waals surface area contributed by atoms with Crippen LogP contribution in [0.5, 0.6) is 0 Å². The fraction of sp³-hybridized carbons (Fsp3) is 0.294. The second-order valence-corrected chi connectivity index (χ2v) is 8.45. The van der Waals surface area contributed by atoms with Crippen LogP contribution >= 0.6 is 11.6 Å². The molecule has 2 aromatic carbocycles. The number of nitro benzene ring substituents is 1. The molecule has 0 saturated carbocycles. The number of rotatable bonds is 4. The topological polar surface area (TPSA) is 80.5 Å². The lowest BCUT2D eigenvalue weighted by Gasteiger charge is -2.28. The molecular formula is C17H17ClN2O4S. The number of hydrogen-bond donors (Lipinski definition) is 0. The van der Waals surface area contributed by atoms with Gasteiger partial charge in [0.05, 0.1) is 11.0 Å². The van der Waals surface area contributed by atoms with E-state index in [0.29, 0.717) is 10.7 Å². The van der Waals surface area contributed by atoms with Crippen LogP contribution in [0, 0.1) is 10.1 Å². The third-order valence-corrected chi connectivity index (χ3v) is 5.86. The lowest BCUT2D eigenvalue weighted by atomic mass is 10.0. The van der Waals surface area contributed by atoms with Gasteiger partial charge in [0.15, 0.2) is 9.84 Å².